The first-order valence-electron chi connectivity index (χ1n) is 6.41. The Hall–Kier alpha value is -0.650. The van der Waals surface area contributed by atoms with Crippen molar-refractivity contribution in [1.29, 1.82) is 0 Å². The van der Waals surface area contributed by atoms with Gasteiger partial charge in [0.1, 0.15) is 0 Å². The number of unbranched alkanes of at least 4 members (excludes halogenated alkanes) is 2. The lowest BCUT2D eigenvalue weighted by Gasteiger charge is -2.12. The van der Waals surface area contributed by atoms with Gasteiger partial charge in [0.25, 0.3) is 0 Å². The Balaban J connectivity index is 3.16. The van der Waals surface area contributed by atoms with Crippen molar-refractivity contribution in [3.05, 3.63) is 0 Å². The van der Waals surface area contributed by atoms with Crippen LogP contribution in [0.4, 0.5) is 0 Å². The number of aliphatic hydroxyl groups is 1. The van der Waals surface area contributed by atoms with Crippen LogP contribution in [0, 0.1) is 0 Å². The molecule has 0 radical (unpaired) electrons. The summed E-state index contributed by atoms with van der Waals surface area (Å²) < 4.78 is 5.29. The van der Waals surface area contributed by atoms with Crippen molar-refractivity contribution in [2.45, 2.75) is 45.1 Å². The molecule has 0 heterocycles. The van der Waals surface area contributed by atoms with E-state index >= 15 is 0 Å². The molecule has 0 bridgehead atoms. The molecule has 1 unspecified atom stereocenters. The second-order valence-electron chi connectivity index (χ2n) is 4.21. The second-order valence-corrected chi connectivity index (χ2v) is 4.21. The molecule has 0 aliphatic heterocycles. The topological polar surface area (TPSA) is 84.6 Å². The molecule has 0 rings (SSSR count). The lowest BCUT2D eigenvalue weighted by molar-refractivity contribution is -0.118. The Bertz CT molecular complexity index is 189. The number of nitrogens with two attached hydrogens (primary N) is 1. The van der Waals surface area contributed by atoms with Gasteiger partial charge in [0.15, 0.2) is 0 Å². The van der Waals surface area contributed by atoms with Gasteiger partial charge in [0.2, 0.25) is 5.91 Å². The first-order chi connectivity index (χ1) is 8.16. The van der Waals surface area contributed by atoms with Crippen LogP contribution in [0.15, 0.2) is 0 Å². The monoisotopic (exact) mass is 246 g/mol. The van der Waals surface area contributed by atoms with E-state index in [2.05, 4.69) is 12.2 Å². The van der Waals surface area contributed by atoms with Gasteiger partial charge in [0.05, 0.1) is 12.7 Å². The molecule has 0 aliphatic carbocycles. The number of hydrogen-bond donors (Lipinski definition) is 3. The maximum absolute atomic E-state index is 10.5. The Labute approximate surface area is 104 Å². The normalized spacial score (nSPS) is 12.6. The van der Waals surface area contributed by atoms with Crippen LogP contribution in [0.2, 0.25) is 0 Å². The highest BCUT2D eigenvalue weighted by molar-refractivity contribution is 5.73. The first kappa shape index (κ1) is 16.4. The summed E-state index contributed by atoms with van der Waals surface area (Å²) in [4.78, 5) is 10.5. The van der Waals surface area contributed by atoms with Crippen molar-refractivity contribution in [3.63, 3.8) is 0 Å². The molecular formula is C12H26N2O3. The van der Waals surface area contributed by atoms with E-state index < -0.39 is 6.10 Å². The maximum Gasteiger partial charge on any atom is 0.217 e. The summed E-state index contributed by atoms with van der Waals surface area (Å²) in [5, 5.41) is 12.6. The van der Waals surface area contributed by atoms with Crippen LogP contribution < -0.4 is 11.1 Å². The molecule has 4 N–H and O–H groups in total. The third-order valence-electron chi connectivity index (χ3n) is 2.36. The Morgan fingerprint density at radius 3 is 2.82 bits per heavy atom. The molecule has 0 saturated carbocycles. The van der Waals surface area contributed by atoms with Gasteiger partial charge in [-0.05, 0) is 25.8 Å². The predicted molar refractivity (Wildman–Crippen MR) is 67.6 cm³/mol. The molecule has 0 saturated heterocycles. The lowest BCUT2D eigenvalue weighted by atomic mass is 10.2. The quantitative estimate of drug-likeness (QED) is 0.435. The molecular weight excluding hydrogens is 220 g/mol. The van der Waals surface area contributed by atoms with E-state index in [0.29, 0.717) is 26.2 Å². The van der Waals surface area contributed by atoms with Crippen LogP contribution in [0.25, 0.3) is 0 Å². The standard InChI is InChI=1S/C12H26N2O3/c1-2-3-8-17-10-11(15)9-14-7-5-4-6-12(13)16/h11,14-15H,2-10H2,1H3,(H2,13,16). The average molecular weight is 246 g/mol. The number of rotatable bonds is 12. The number of carbonyl (C=O) groups excluding carboxylic acids is 1. The molecule has 0 aliphatic rings. The van der Waals surface area contributed by atoms with Crippen LogP contribution in [-0.2, 0) is 9.53 Å². The number of nitrogens with one attached hydrogen (secondary N) is 1. The van der Waals surface area contributed by atoms with Gasteiger partial charge >= 0.3 is 0 Å². The van der Waals surface area contributed by atoms with E-state index in [9.17, 15) is 9.90 Å². The minimum Gasteiger partial charge on any atom is -0.389 e. The third-order valence-corrected chi connectivity index (χ3v) is 2.36. The number of carbonyl (C=O) groups is 1. The zero-order chi connectivity index (χ0) is 12.9. The smallest absolute Gasteiger partial charge is 0.217 e. The Kier molecular flexibility index (Phi) is 11.4. The van der Waals surface area contributed by atoms with Crippen LogP contribution in [-0.4, -0.2) is 43.4 Å². The van der Waals surface area contributed by atoms with Crippen LogP contribution in [0.1, 0.15) is 39.0 Å². The molecule has 1 atom stereocenters. The molecule has 0 spiro atoms. The highest BCUT2D eigenvalue weighted by atomic mass is 16.5. The van der Waals surface area contributed by atoms with Crippen molar-refractivity contribution >= 4 is 5.91 Å². The van der Waals surface area contributed by atoms with Gasteiger partial charge in [0, 0.05) is 19.6 Å². The minimum atomic E-state index is -0.456. The fourth-order valence-corrected chi connectivity index (χ4v) is 1.34. The van der Waals surface area contributed by atoms with Gasteiger partial charge in [-0.25, -0.2) is 0 Å². The summed E-state index contributed by atoms with van der Waals surface area (Å²) in [6.45, 7) is 4.52. The molecule has 5 heteroatoms. The molecule has 0 aromatic rings. The SMILES string of the molecule is CCCCOCC(O)CNCCCCC(N)=O. The van der Waals surface area contributed by atoms with Gasteiger partial charge in [-0.1, -0.05) is 13.3 Å². The molecule has 17 heavy (non-hydrogen) atoms. The lowest BCUT2D eigenvalue weighted by Crippen LogP contribution is -2.31. The van der Waals surface area contributed by atoms with Crippen molar-refractivity contribution in [1.82, 2.24) is 5.32 Å². The van der Waals surface area contributed by atoms with Gasteiger partial charge in [-0.15, -0.1) is 0 Å². The summed E-state index contributed by atoms with van der Waals surface area (Å²) >= 11 is 0. The zero-order valence-corrected chi connectivity index (χ0v) is 10.8. The fourth-order valence-electron chi connectivity index (χ4n) is 1.34. The van der Waals surface area contributed by atoms with E-state index in [1.165, 1.54) is 0 Å². The van der Waals surface area contributed by atoms with Crippen LogP contribution in [0.5, 0.6) is 0 Å². The minimum absolute atomic E-state index is 0.255. The van der Waals surface area contributed by atoms with Gasteiger partial charge in [-0.3, -0.25) is 4.79 Å². The number of aliphatic hydroxyl groups excluding tert-OH is 1. The van der Waals surface area contributed by atoms with E-state index in [1.807, 2.05) is 0 Å². The van der Waals surface area contributed by atoms with E-state index in [0.717, 1.165) is 32.2 Å². The van der Waals surface area contributed by atoms with E-state index in [1.54, 1.807) is 0 Å². The summed E-state index contributed by atoms with van der Waals surface area (Å²) in [6, 6.07) is 0. The second kappa shape index (κ2) is 11.8. The molecule has 0 fully saturated rings. The molecule has 5 nitrogen and oxygen atoms in total. The van der Waals surface area contributed by atoms with Crippen molar-refractivity contribution in [2.24, 2.45) is 5.73 Å². The van der Waals surface area contributed by atoms with Gasteiger partial charge in [-0.2, -0.15) is 0 Å². The van der Waals surface area contributed by atoms with Crippen LogP contribution >= 0.6 is 0 Å². The number of amides is 1. The number of primary amides is 1. The van der Waals surface area contributed by atoms with Crippen molar-refractivity contribution in [3.8, 4) is 0 Å². The van der Waals surface area contributed by atoms with Crippen molar-refractivity contribution < 1.29 is 14.6 Å². The molecule has 1 amide bonds. The number of ether oxygens (including phenoxy) is 1. The Morgan fingerprint density at radius 2 is 2.18 bits per heavy atom. The van der Waals surface area contributed by atoms with Crippen molar-refractivity contribution in [2.75, 3.05) is 26.3 Å². The summed E-state index contributed by atoms with van der Waals surface area (Å²) in [7, 11) is 0. The van der Waals surface area contributed by atoms with Gasteiger partial charge < -0.3 is 20.9 Å². The average Bonchev–Trinajstić information content (AvgIpc) is 2.29. The first-order valence-corrected chi connectivity index (χ1v) is 6.41. The molecule has 0 aromatic heterocycles. The predicted octanol–water partition coefficient (Wildman–Crippen LogP) is 0.409. The largest absolute Gasteiger partial charge is 0.389 e. The summed E-state index contributed by atoms with van der Waals surface area (Å²) in [6.07, 6.45) is 3.81. The number of hydrogen-bond acceptors (Lipinski definition) is 4. The van der Waals surface area contributed by atoms with Crippen LogP contribution in [0.3, 0.4) is 0 Å². The molecule has 102 valence electrons. The van der Waals surface area contributed by atoms with E-state index in [-0.39, 0.29) is 5.91 Å². The Morgan fingerprint density at radius 1 is 1.41 bits per heavy atom. The third kappa shape index (κ3) is 13.3. The maximum atomic E-state index is 10.5. The summed E-state index contributed by atoms with van der Waals surface area (Å²) in [5.41, 5.74) is 5.02. The fraction of sp³-hybridized carbons (Fsp3) is 0.917. The highest BCUT2D eigenvalue weighted by Crippen LogP contribution is 1.93. The molecule has 0 aromatic carbocycles. The zero-order valence-electron chi connectivity index (χ0n) is 10.8. The summed E-state index contributed by atoms with van der Waals surface area (Å²) in [5.74, 6) is -0.255. The van der Waals surface area contributed by atoms with E-state index in [4.69, 9.17) is 10.5 Å². The highest BCUT2D eigenvalue weighted by Gasteiger charge is 2.03.